The Morgan fingerprint density at radius 2 is 2.11 bits per heavy atom. The van der Waals surface area contributed by atoms with Crippen molar-refractivity contribution in [3.8, 4) is 0 Å². The molecule has 0 aromatic heterocycles. The molecule has 50 valence electrons. The van der Waals surface area contributed by atoms with E-state index in [1.165, 1.54) is 0 Å². The molecular formula is C3H8NNaO3S. The van der Waals surface area contributed by atoms with Gasteiger partial charge in [-0.05, 0) is 12.9 Å². The normalized spacial score (nSPS) is 15.3. The first-order valence-corrected chi connectivity index (χ1v) is 3.51. The Kier molecular flexibility index (Phi) is 4.99. The standard InChI is InChI=1S/C3H9NO3S.Na/c4-2-1-3-8(5,6)7;/h1-4H2,(H,5,6,7);/q;+1/p-1/i2D2;. The van der Waals surface area contributed by atoms with Gasteiger partial charge in [-0.1, -0.05) is 0 Å². The second kappa shape index (κ2) is 5.64. The average Bonchev–Trinajstić information content (AvgIpc) is 1.57. The van der Waals surface area contributed by atoms with E-state index in [-0.39, 0.29) is 29.6 Å². The Morgan fingerprint density at radius 3 is 2.22 bits per heavy atom. The minimum atomic E-state index is -4.33. The van der Waals surface area contributed by atoms with Gasteiger partial charge in [0.25, 0.3) is 0 Å². The van der Waals surface area contributed by atoms with Crippen LogP contribution >= 0.6 is 0 Å². The van der Waals surface area contributed by atoms with Gasteiger partial charge in [0, 0.05) is 8.49 Å². The van der Waals surface area contributed by atoms with Gasteiger partial charge in [-0.25, -0.2) is 8.42 Å². The molecule has 0 aromatic carbocycles. The van der Waals surface area contributed by atoms with Crippen molar-refractivity contribution in [3.63, 3.8) is 0 Å². The molecule has 0 aliphatic heterocycles. The van der Waals surface area contributed by atoms with Gasteiger partial charge < -0.3 is 10.3 Å². The van der Waals surface area contributed by atoms with Crippen LogP contribution in [0.3, 0.4) is 0 Å². The quantitative estimate of drug-likeness (QED) is 0.338. The maximum Gasteiger partial charge on any atom is 1.00 e. The summed E-state index contributed by atoms with van der Waals surface area (Å²) < 4.78 is 43.0. The summed E-state index contributed by atoms with van der Waals surface area (Å²) in [7, 11) is -4.33. The first-order valence-electron chi connectivity index (χ1n) is 2.93. The van der Waals surface area contributed by atoms with Gasteiger partial charge in [0.1, 0.15) is 0 Å². The number of hydrogen-bond donors (Lipinski definition) is 1. The molecule has 0 rings (SSSR count). The fourth-order valence-electron chi connectivity index (χ4n) is 0.184. The molecular weight excluding hydrogens is 153 g/mol. The van der Waals surface area contributed by atoms with E-state index in [0.29, 0.717) is 0 Å². The van der Waals surface area contributed by atoms with Gasteiger partial charge in [-0.2, -0.15) is 0 Å². The van der Waals surface area contributed by atoms with Gasteiger partial charge in [-0.15, -0.1) is 0 Å². The average molecular weight is 163 g/mol. The van der Waals surface area contributed by atoms with Gasteiger partial charge in [-0.3, -0.25) is 0 Å². The Labute approximate surface area is 79.7 Å². The van der Waals surface area contributed by atoms with Crippen LogP contribution < -0.4 is 35.3 Å². The third kappa shape index (κ3) is 12.1. The van der Waals surface area contributed by atoms with Crippen molar-refractivity contribution in [3.05, 3.63) is 0 Å². The Bertz CT molecular complexity index is 199. The number of nitrogens with two attached hydrogens (primary N) is 1. The molecule has 0 unspecified atom stereocenters. The third-order valence-corrected chi connectivity index (χ3v) is 1.20. The second-order valence-electron chi connectivity index (χ2n) is 1.22. The first-order chi connectivity index (χ1) is 4.21. The smallest absolute Gasteiger partial charge is 0.748 e. The molecule has 0 aliphatic rings. The molecule has 0 radical (unpaired) electrons. The van der Waals surface area contributed by atoms with Gasteiger partial charge in [0.15, 0.2) is 0 Å². The topological polar surface area (TPSA) is 83.2 Å². The molecule has 9 heavy (non-hydrogen) atoms. The van der Waals surface area contributed by atoms with Crippen LogP contribution in [0.25, 0.3) is 0 Å². The predicted molar refractivity (Wildman–Crippen MR) is 28.2 cm³/mol. The molecule has 0 atom stereocenters. The van der Waals surface area contributed by atoms with Gasteiger partial charge in [0.2, 0.25) is 0 Å². The molecule has 0 amide bonds. The van der Waals surface area contributed by atoms with E-state index in [1.807, 2.05) is 0 Å². The van der Waals surface area contributed by atoms with Crippen molar-refractivity contribution in [2.75, 3.05) is 12.2 Å². The van der Waals surface area contributed by atoms with Gasteiger partial charge >= 0.3 is 29.6 Å². The number of hydrogen-bond acceptors (Lipinski definition) is 4. The summed E-state index contributed by atoms with van der Waals surface area (Å²) in [5.74, 6) is -0.753. The van der Waals surface area contributed by atoms with Crippen LogP contribution in [-0.4, -0.2) is 25.2 Å². The van der Waals surface area contributed by atoms with Crippen molar-refractivity contribution >= 4 is 10.1 Å². The summed E-state index contributed by atoms with van der Waals surface area (Å²) in [5, 5.41) is 0. The molecule has 0 saturated heterocycles. The van der Waals surface area contributed by atoms with Crippen LogP contribution in [0, 0.1) is 0 Å². The van der Waals surface area contributed by atoms with E-state index in [1.54, 1.807) is 0 Å². The summed E-state index contributed by atoms with van der Waals surface area (Å²) in [5.41, 5.74) is 4.77. The zero-order valence-corrected chi connectivity index (χ0v) is 7.94. The van der Waals surface area contributed by atoms with Crippen molar-refractivity contribution in [2.24, 2.45) is 5.73 Å². The van der Waals surface area contributed by atoms with Crippen LogP contribution in [-0.2, 0) is 10.1 Å². The fraction of sp³-hybridized carbons (Fsp3) is 1.00. The molecule has 0 aliphatic carbocycles. The SMILES string of the molecule is [2H]C([2H])(N)CCS(=O)(=O)[O-].[Na+]. The maximum absolute atomic E-state index is 9.90. The van der Waals surface area contributed by atoms with Crippen LogP contribution in [0.2, 0.25) is 0 Å². The molecule has 2 N–H and O–H groups in total. The summed E-state index contributed by atoms with van der Waals surface area (Å²) in [6.07, 6.45) is -0.459. The zero-order chi connectivity index (χ0) is 8.41. The summed E-state index contributed by atoms with van der Waals surface area (Å²) in [6, 6.07) is 0. The van der Waals surface area contributed by atoms with Gasteiger partial charge in [0.05, 0.1) is 10.1 Å². The van der Waals surface area contributed by atoms with E-state index in [0.717, 1.165) is 0 Å². The molecule has 0 saturated carbocycles. The van der Waals surface area contributed by atoms with Crippen LogP contribution in [0.1, 0.15) is 9.16 Å². The molecule has 0 bridgehead atoms. The minimum absolute atomic E-state index is 0. The molecule has 0 spiro atoms. The van der Waals surface area contributed by atoms with Crippen molar-refractivity contribution in [1.29, 1.82) is 0 Å². The molecule has 0 fully saturated rings. The first kappa shape index (κ1) is 7.97. The summed E-state index contributed by atoms with van der Waals surface area (Å²) in [6.45, 7) is -2.07. The van der Waals surface area contributed by atoms with Crippen molar-refractivity contribution in [1.82, 2.24) is 0 Å². The van der Waals surface area contributed by atoms with E-state index >= 15 is 0 Å². The van der Waals surface area contributed by atoms with Crippen molar-refractivity contribution < 1.29 is 45.3 Å². The van der Waals surface area contributed by atoms with Crippen LogP contribution in [0.4, 0.5) is 0 Å². The van der Waals surface area contributed by atoms with E-state index in [2.05, 4.69) is 0 Å². The molecule has 6 heteroatoms. The van der Waals surface area contributed by atoms with Crippen LogP contribution in [0.5, 0.6) is 0 Å². The van der Waals surface area contributed by atoms with Crippen molar-refractivity contribution in [2.45, 2.75) is 6.42 Å². The van der Waals surface area contributed by atoms with Crippen LogP contribution in [0.15, 0.2) is 0 Å². The monoisotopic (exact) mass is 163 g/mol. The fourth-order valence-corrected chi connectivity index (χ4v) is 0.552. The predicted octanol–water partition coefficient (Wildman–Crippen LogP) is -4.12. The summed E-state index contributed by atoms with van der Waals surface area (Å²) in [4.78, 5) is 0. The molecule has 4 nitrogen and oxygen atoms in total. The second-order valence-corrected chi connectivity index (χ2v) is 2.74. The zero-order valence-electron chi connectivity index (χ0n) is 7.12. The Hall–Kier alpha value is 0.870. The largest absolute Gasteiger partial charge is 1.00 e. The number of rotatable bonds is 3. The third-order valence-electron chi connectivity index (χ3n) is 0.496. The molecule has 0 aromatic rings. The minimum Gasteiger partial charge on any atom is -0.748 e. The molecule has 0 heterocycles. The maximum atomic E-state index is 9.90. The summed E-state index contributed by atoms with van der Waals surface area (Å²) >= 11 is 0. The van der Waals surface area contributed by atoms with E-state index < -0.39 is 28.8 Å². The Balaban J connectivity index is 0. The van der Waals surface area contributed by atoms with E-state index in [4.69, 9.17) is 8.48 Å². The Morgan fingerprint density at radius 1 is 1.67 bits per heavy atom. The van der Waals surface area contributed by atoms with E-state index in [9.17, 15) is 13.0 Å².